The predicted octanol–water partition coefficient (Wildman–Crippen LogP) is 3.81. The van der Waals surface area contributed by atoms with Gasteiger partial charge in [-0.1, -0.05) is 6.07 Å². The normalized spacial score (nSPS) is 20.8. The highest BCUT2D eigenvalue weighted by molar-refractivity contribution is 7.92. The van der Waals surface area contributed by atoms with Crippen LogP contribution in [0.5, 0.6) is 0 Å². The van der Waals surface area contributed by atoms with Crippen molar-refractivity contribution < 1.29 is 36.2 Å². The number of hydrogen-bond acceptors (Lipinski definition) is 7. The number of amides is 1. The van der Waals surface area contributed by atoms with Crippen molar-refractivity contribution in [1.29, 1.82) is 5.26 Å². The Kier molecular flexibility index (Phi) is 7.66. The lowest BCUT2D eigenvalue weighted by Crippen LogP contribution is -2.33. The van der Waals surface area contributed by atoms with E-state index in [1.807, 2.05) is 6.07 Å². The molecule has 4 rings (SSSR count). The molecule has 1 aromatic heterocycles. The van der Waals surface area contributed by atoms with Crippen LogP contribution in [0.1, 0.15) is 37.7 Å². The van der Waals surface area contributed by atoms with Crippen molar-refractivity contribution in [2.45, 2.75) is 60.1 Å². The van der Waals surface area contributed by atoms with E-state index in [9.17, 15) is 26.4 Å². The summed E-state index contributed by atoms with van der Waals surface area (Å²) in [5, 5.41) is 25.0. The lowest BCUT2D eigenvalue weighted by Gasteiger charge is -2.18. The summed E-state index contributed by atoms with van der Waals surface area (Å²) < 4.78 is 71.6. The van der Waals surface area contributed by atoms with E-state index in [2.05, 4.69) is 15.5 Å². The Morgan fingerprint density at radius 1 is 1.23 bits per heavy atom. The van der Waals surface area contributed by atoms with Gasteiger partial charge in [-0.2, -0.15) is 28.6 Å². The monoisotopic (exact) mass is 512 g/mol. The third-order valence-corrected chi connectivity index (χ3v) is 8.20. The number of ether oxygens (including phenoxy) is 1. The highest BCUT2D eigenvalue weighted by atomic mass is 32.2. The second-order valence-electron chi connectivity index (χ2n) is 8.30. The molecule has 2 N–H and O–H groups in total. The number of carboxylic acid groups (broad SMARTS) is 1. The molecule has 0 saturated heterocycles. The average Bonchev–Trinajstić information content (AvgIpc) is 3.40. The number of methoxy groups -OCH3 is 1. The van der Waals surface area contributed by atoms with Gasteiger partial charge in [0.2, 0.25) is 0 Å². The summed E-state index contributed by atoms with van der Waals surface area (Å²) >= 11 is 0. The standard InChI is InChI=1S/C17H17F3N2O3S.C5H6N2O2/c1-25-13-3-4-14(9-13)26(23,24)16-5-2-11(8-15(16)17(18,19)20)12-6-7-21-22-10-12;6-3-5(1-2-5)7-4(8)9/h2,5-8,10,13-14H,3-4,9H2,1H3;7H,1-2H2,(H,8,9)/t13-,14-;/m0./s1. The molecule has 188 valence electrons. The van der Waals surface area contributed by atoms with Gasteiger partial charge in [0.25, 0.3) is 0 Å². The minimum absolute atomic E-state index is 0.201. The molecule has 0 bridgehead atoms. The molecule has 35 heavy (non-hydrogen) atoms. The van der Waals surface area contributed by atoms with E-state index >= 15 is 0 Å². The summed E-state index contributed by atoms with van der Waals surface area (Å²) in [4.78, 5) is 9.27. The average molecular weight is 513 g/mol. The van der Waals surface area contributed by atoms with Gasteiger partial charge in [0.1, 0.15) is 5.54 Å². The molecule has 13 heteroatoms. The molecule has 0 spiro atoms. The fourth-order valence-corrected chi connectivity index (χ4v) is 5.82. The van der Waals surface area contributed by atoms with Crippen molar-refractivity contribution in [3.05, 3.63) is 42.2 Å². The van der Waals surface area contributed by atoms with E-state index in [0.29, 0.717) is 24.8 Å². The topological polar surface area (TPSA) is 142 Å². The quantitative estimate of drug-likeness (QED) is 0.616. The van der Waals surface area contributed by atoms with Gasteiger partial charge in [0.15, 0.2) is 9.84 Å². The molecule has 1 heterocycles. The molecular formula is C22H23F3N4O5S. The summed E-state index contributed by atoms with van der Waals surface area (Å²) in [5.74, 6) is 0. The van der Waals surface area contributed by atoms with Gasteiger partial charge in [-0.3, -0.25) is 0 Å². The van der Waals surface area contributed by atoms with Crippen LogP contribution < -0.4 is 5.32 Å². The number of rotatable bonds is 5. The van der Waals surface area contributed by atoms with Crippen LogP contribution in [-0.4, -0.2) is 53.8 Å². The lowest BCUT2D eigenvalue weighted by molar-refractivity contribution is -0.139. The minimum atomic E-state index is -4.79. The Labute approximate surface area is 199 Å². The van der Waals surface area contributed by atoms with Crippen LogP contribution in [0.4, 0.5) is 18.0 Å². The predicted molar refractivity (Wildman–Crippen MR) is 117 cm³/mol. The van der Waals surface area contributed by atoms with E-state index in [0.717, 1.165) is 12.1 Å². The zero-order valence-electron chi connectivity index (χ0n) is 18.6. The Balaban J connectivity index is 0.000000320. The van der Waals surface area contributed by atoms with Gasteiger partial charge < -0.3 is 15.2 Å². The van der Waals surface area contributed by atoms with Crippen molar-refractivity contribution >= 4 is 15.9 Å². The number of aromatic nitrogens is 2. The summed E-state index contributed by atoms with van der Waals surface area (Å²) in [5.41, 5.74) is -1.24. The fourth-order valence-electron chi connectivity index (χ4n) is 3.81. The van der Waals surface area contributed by atoms with Crippen LogP contribution in [-0.2, 0) is 20.8 Å². The van der Waals surface area contributed by atoms with Gasteiger partial charge in [-0.15, -0.1) is 0 Å². The number of nitriles is 1. The number of sulfone groups is 1. The molecule has 2 atom stereocenters. The first kappa shape index (κ1) is 26.4. The summed E-state index contributed by atoms with van der Waals surface area (Å²) in [7, 11) is -2.65. The number of alkyl halides is 3. The molecule has 9 nitrogen and oxygen atoms in total. The number of carbonyl (C=O) groups is 1. The van der Waals surface area contributed by atoms with Crippen LogP contribution in [0.2, 0.25) is 0 Å². The maximum Gasteiger partial charge on any atom is 0.417 e. The van der Waals surface area contributed by atoms with Crippen LogP contribution in [0, 0.1) is 11.3 Å². The Bertz CT molecular complexity index is 1210. The van der Waals surface area contributed by atoms with Gasteiger partial charge in [0, 0.05) is 12.7 Å². The Morgan fingerprint density at radius 2 is 1.94 bits per heavy atom. The number of nitrogens with one attached hydrogen (secondary N) is 1. The molecule has 0 unspecified atom stereocenters. The third-order valence-electron chi connectivity index (χ3n) is 5.93. The van der Waals surface area contributed by atoms with Crippen molar-refractivity contribution in [2.75, 3.05) is 7.11 Å². The van der Waals surface area contributed by atoms with Gasteiger partial charge >= 0.3 is 12.3 Å². The number of nitrogens with zero attached hydrogens (tertiary/aromatic N) is 3. The molecule has 1 aromatic carbocycles. The first-order valence-electron chi connectivity index (χ1n) is 10.6. The van der Waals surface area contributed by atoms with Crippen LogP contribution in [0.15, 0.2) is 41.6 Å². The van der Waals surface area contributed by atoms with Crippen LogP contribution in [0.3, 0.4) is 0 Å². The van der Waals surface area contributed by atoms with E-state index < -0.39 is 43.4 Å². The maximum absolute atomic E-state index is 13.6. The van der Waals surface area contributed by atoms with E-state index in [1.54, 1.807) is 0 Å². The summed E-state index contributed by atoms with van der Waals surface area (Å²) in [6.45, 7) is 0. The number of hydrogen-bond donors (Lipinski definition) is 2. The number of halogens is 3. The van der Waals surface area contributed by atoms with Crippen LogP contribution >= 0.6 is 0 Å². The fraction of sp³-hybridized carbons (Fsp3) is 0.455. The summed E-state index contributed by atoms with van der Waals surface area (Å²) in [6.07, 6.45) is -1.17. The summed E-state index contributed by atoms with van der Waals surface area (Å²) in [6, 6.07) is 6.66. The molecular weight excluding hydrogens is 489 g/mol. The van der Waals surface area contributed by atoms with E-state index in [-0.39, 0.29) is 24.5 Å². The highest BCUT2D eigenvalue weighted by Crippen LogP contribution is 2.40. The first-order valence-corrected chi connectivity index (χ1v) is 12.1. The minimum Gasteiger partial charge on any atom is -0.465 e. The molecule has 0 radical (unpaired) electrons. The molecule has 2 aliphatic carbocycles. The zero-order valence-corrected chi connectivity index (χ0v) is 19.4. The molecule has 2 saturated carbocycles. The number of benzene rings is 1. The zero-order chi connectivity index (χ0) is 25.9. The van der Waals surface area contributed by atoms with Gasteiger partial charge in [-0.25, -0.2) is 13.2 Å². The van der Waals surface area contributed by atoms with Crippen molar-refractivity contribution in [3.8, 4) is 17.2 Å². The molecule has 1 amide bonds. The maximum atomic E-state index is 13.6. The third kappa shape index (κ3) is 6.26. The largest absolute Gasteiger partial charge is 0.465 e. The highest BCUT2D eigenvalue weighted by Gasteiger charge is 2.45. The molecule has 0 aliphatic heterocycles. The van der Waals surface area contributed by atoms with Crippen molar-refractivity contribution in [2.24, 2.45) is 0 Å². The first-order chi connectivity index (χ1) is 16.4. The van der Waals surface area contributed by atoms with E-state index in [4.69, 9.17) is 15.1 Å². The Morgan fingerprint density at radius 3 is 2.40 bits per heavy atom. The van der Waals surface area contributed by atoms with E-state index in [1.165, 1.54) is 31.6 Å². The molecule has 2 fully saturated rings. The van der Waals surface area contributed by atoms with Gasteiger partial charge in [0.05, 0.1) is 40.3 Å². The van der Waals surface area contributed by atoms with Crippen molar-refractivity contribution in [1.82, 2.24) is 15.5 Å². The SMILES string of the molecule is CO[C@H]1CC[C@H](S(=O)(=O)c2ccc(-c3ccnnc3)cc2C(F)(F)F)C1.N#CC1(NC(=O)O)CC1. The van der Waals surface area contributed by atoms with Crippen LogP contribution in [0.25, 0.3) is 11.1 Å². The Hall–Kier alpha value is -3.24. The second kappa shape index (κ2) is 10.2. The lowest BCUT2D eigenvalue weighted by atomic mass is 10.0. The molecule has 2 aliphatic rings. The second-order valence-corrected chi connectivity index (χ2v) is 10.5. The van der Waals surface area contributed by atoms with Crippen molar-refractivity contribution in [3.63, 3.8) is 0 Å². The van der Waals surface area contributed by atoms with Gasteiger partial charge in [-0.05, 0) is 55.9 Å². The molecule has 2 aromatic rings. The smallest absolute Gasteiger partial charge is 0.417 e.